The Balaban J connectivity index is 1.96. The number of hydrogen-bond donors (Lipinski definition) is 2. The molecular weight excluding hydrogens is 310 g/mol. The molecule has 3 rings (SSSR count). The van der Waals surface area contributed by atoms with Gasteiger partial charge < -0.3 is 15.2 Å². The fraction of sp³-hybridized carbons (Fsp3) is 0.125. The molecule has 122 valence electrons. The van der Waals surface area contributed by atoms with Gasteiger partial charge in [-0.3, -0.25) is 0 Å². The van der Waals surface area contributed by atoms with Crippen LogP contribution in [-0.4, -0.2) is 37.4 Å². The Morgan fingerprint density at radius 3 is 2.79 bits per heavy atom. The molecule has 0 atom stereocenters. The number of hydrogen-bond acceptors (Lipinski definition) is 6. The van der Waals surface area contributed by atoms with Crippen LogP contribution in [0.25, 0.3) is 5.82 Å². The first-order chi connectivity index (χ1) is 11.7. The molecule has 0 amide bonds. The first kappa shape index (κ1) is 15.5. The van der Waals surface area contributed by atoms with Gasteiger partial charge in [0, 0.05) is 12.6 Å². The van der Waals surface area contributed by atoms with Gasteiger partial charge in [0.2, 0.25) is 5.88 Å². The van der Waals surface area contributed by atoms with Crippen LogP contribution in [-0.2, 0) is 0 Å². The Kier molecular flexibility index (Phi) is 4.37. The van der Waals surface area contributed by atoms with Crippen LogP contribution in [0.4, 0.5) is 5.82 Å². The van der Waals surface area contributed by atoms with E-state index < -0.39 is 5.97 Å². The predicted molar refractivity (Wildman–Crippen MR) is 86.8 cm³/mol. The second-order valence-electron chi connectivity index (χ2n) is 4.78. The van der Waals surface area contributed by atoms with Gasteiger partial charge in [0.15, 0.2) is 5.82 Å². The molecule has 3 aromatic rings. The molecule has 8 heteroatoms. The van der Waals surface area contributed by atoms with Crippen molar-refractivity contribution in [3.8, 4) is 17.4 Å². The molecule has 1 aromatic carbocycles. The topological polar surface area (TPSA) is 102 Å². The molecule has 0 unspecified atom stereocenters. The van der Waals surface area contributed by atoms with Gasteiger partial charge in [-0.25, -0.2) is 14.8 Å². The monoisotopic (exact) mass is 325 g/mol. The van der Waals surface area contributed by atoms with E-state index >= 15 is 0 Å². The summed E-state index contributed by atoms with van der Waals surface area (Å²) < 4.78 is 7.07. The van der Waals surface area contributed by atoms with Gasteiger partial charge in [-0.15, -0.1) is 0 Å². The number of aromatic carboxylic acids is 1. The molecular formula is C16H15N5O3. The third kappa shape index (κ3) is 3.17. The van der Waals surface area contributed by atoms with Crippen LogP contribution in [0.1, 0.15) is 17.3 Å². The minimum Gasteiger partial charge on any atom is -0.477 e. The number of nitrogens with one attached hydrogen (secondary N) is 1. The summed E-state index contributed by atoms with van der Waals surface area (Å²) in [5.74, 6) is 0.669. The Labute approximate surface area is 137 Å². The molecule has 8 nitrogen and oxygen atoms in total. The third-order valence-corrected chi connectivity index (χ3v) is 3.15. The normalized spacial score (nSPS) is 10.4. The molecule has 0 radical (unpaired) electrons. The molecule has 0 spiro atoms. The number of carboxylic acid groups (broad SMARTS) is 1. The van der Waals surface area contributed by atoms with E-state index in [1.54, 1.807) is 6.07 Å². The van der Waals surface area contributed by atoms with Crippen molar-refractivity contribution in [3.05, 3.63) is 54.5 Å². The van der Waals surface area contributed by atoms with Crippen molar-refractivity contribution in [1.29, 1.82) is 0 Å². The van der Waals surface area contributed by atoms with Gasteiger partial charge in [-0.05, 0) is 19.1 Å². The number of nitrogens with zero attached hydrogens (tertiary/aromatic N) is 4. The summed E-state index contributed by atoms with van der Waals surface area (Å²) >= 11 is 0. The zero-order valence-corrected chi connectivity index (χ0v) is 12.9. The highest BCUT2D eigenvalue weighted by Crippen LogP contribution is 2.23. The van der Waals surface area contributed by atoms with Gasteiger partial charge in [-0.2, -0.15) is 9.78 Å². The SMILES string of the molecule is CCNc1c(C(=O)O)cnn1-c1cc(Oc2ccccc2)ncn1. The van der Waals surface area contributed by atoms with Crippen molar-refractivity contribution in [2.75, 3.05) is 11.9 Å². The average molecular weight is 325 g/mol. The van der Waals surface area contributed by atoms with Gasteiger partial charge in [0.25, 0.3) is 0 Å². The molecule has 0 aliphatic heterocycles. The maximum absolute atomic E-state index is 11.3. The molecule has 2 aromatic heterocycles. The number of benzene rings is 1. The molecule has 2 heterocycles. The highest BCUT2D eigenvalue weighted by Gasteiger charge is 2.18. The van der Waals surface area contributed by atoms with Crippen LogP contribution in [0.2, 0.25) is 0 Å². The number of carboxylic acids is 1. The summed E-state index contributed by atoms with van der Waals surface area (Å²) in [6.45, 7) is 2.41. The Hall–Kier alpha value is -3.42. The average Bonchev–Trinajstić information content (AvgIpc) is 3.00. The Bertz CT molecular complexity index is 848. The predicted octanol–water partition coefficient (Wildman–Crippen LogP) is 2.58. The zero-order valence-electron chi connectivity index (χ0n) is 12.9. The molecule has 24 heavy (non-hydrogen) atoms. The van der Waals surface area contributed by atoms with Gasteiger partial charge >= 0.3 is 5.97 Å². The van der Waals surface area contributed by atoms with E-state index in [0.717, 1.165) is 0 Å². The Morgan fingerprint density at radius 2 is 2.08 bits per heavy atom. The molecule has 0 fully saturated rings. The van der Waals surface area contributed by atoms with Crippen molar-refractivity contribution in [3.63, 3.8) is 0 Å². The van der Waals surface area contributed by atoms with Crippen molar-refractivity contribution in [1.82, 2.24) is 19.7 Å². The lowest BCUT2D eigenvalue weighted by atomic mass is 10.3. The highest BCUT2D eigenvalue weighted by atomic mass is 16.5. The van der Waals surface area contributed by atoms with Gasteiger partial charge in [0.1, 0.15) is 23.5 Å². The van der Waals surface area contributed by atoms with E-state index in [9.17, 15) is 9.90 Å². The smallest absolute Gasteiger partial charge is 0.341 e. The van der Waals surface area contributed by atoms with Crippen molar-refractivity contribution >= 4 is 11.8 Å². The highest BCUT2D eigenvalue weighted by molar-refractivity contribution is 5.93. The van der Waals surface area contributed by atoms with Gasteiger partial charge in [-0.1, -0.05) is 18.2 Å². The molecule has 0 saturated carbocycles. The number of aromatic nitrogens is 4. The minimum absolute atomic E-state index is 0.0704. The summed E-state index contributed by atoms with van der Waals surface area (Å²) in [6.07, 6.45) is 2.62. The van der Waals surface area contributed by atoms with E-state index in [0.29, 0.717) is 29.8 Å². The lowest BCUT2D eigenvalue weighted by molar-refractivity contribution is 0.0698. The van der Waals surface area contributed by atoms with Crippen LogP contribution in [0.15, 0.2) is 48.9 Å². The van der Waals surface area contributed by atoms with Gasteiger partial charge in [0.05, 0.1) is 6.20 Å². The summed E-state index contributed by atoms with van der Waals surface area (Å²) in [6, 6.07) is 10.8. The summed E-state index contributed by atoms with van der Waals surface area (Å²) in [4.78, 5) is 19.5. The third-order valence-electron chi connectivity index (χ3n) is 3.15. The number of rotatable bonds is 6. The molecule has 0 bridgehead atoms. The second-order valence-corrected chi connectivity index (χ2v) is 4.78. The zero-order chi connectivity index (χ0) is 16.9. The summed E-state index contributed by atoms with van der Waals surface area (Å²) in [5.41, 5.74) is 0.0704. The van der Waals surface area contributed by atoms with E-state index in [4.69, 9.17) is 4.74 Å². The molecule has 0 aliphatic carbocycles. The van der Waals surface area contributed by atoms with Crippen molar-refractivity contribution in [2.24, 2.45) is 0 Å². The number of carbonyl (C=O) groups is 1. The lowest BCUT2D eigenvalue weighted by Gasteiger charge is -2.10. The summed E-state index contributed by atoms with van der Waals surface area (Å²) in [7, 11) is 0. The largest absolute Gasteiger partial charge is 0.477 e. The van der Waals surface area contributed by atoms with E-state index in [2.05, 4.69) is 20.4 Å². The van der Waals surface area contributed by atoms with E-state index in [1.807, 2.05) is 37.3 Å². The first-order valence-electron chi connectivity index (χ1n) is 7.29. The van der Waals surface area contributed by atoms with E-state index in [1.165, 1.54) is 17.2 Å². The molecule has 0 saturated heterocycles. The second kappa shape index (κ2) is 6.78. The van der Waals surface area contributed by atoms with Crippen LogP contribution in [0, 0.1) is 0 Å². The van der Waals surface area contributed by atoms with Crippen molar-refractivity contribution in [2.45, 2.75) is 6.92 Å². The van der Waals surface area contributed by atoms with E-state index in [-0.39, 0.29) is 5.56 Å². The first-order valence-corrected chi connectivity index (χ1v) is 7.29. The van der Waals surface area contributed by atoms with Crippen LogP contribution >= 0.6 is 0 Å². The fourth-order valence-electron chi connectivity index (χ4n) is 2.13. The van der Waals surface area contributed by atoms with Crippen molar-refractivity contribution < 1.29 is 14.6 Å². The molecule has 2 N–H and O–H groups in total. The van der Waals surface area contributed by atoms with Crippen LogP contribution < -0.4 is 10.1 Å². The number of ether oxygens (including phenoxy) is 1. The Morgan fingerprint density at radius 1 is 1.29 bits per heavy atom. The number of para-hydroxylation sites is 1. The maximum Gasteiger partial charge on any atom is 0.341 e. The quantitative estimate of drug-likeness (QED) is 0.718. The van der Waals surface area contributed by atoms with Crippen LogP contribution in [0.5, 0.6) is 11.6 Å². The summed E-state index contributed by atoms with van der Waals surface area (Å²) in [5, 5.41) is 16.3. The lowest BCUT2D eigenvalue weighted by Crippen LogP contribution is -2.10. The maximum atomic E-state index is 11.3. The fourth-order valence-corrected chi connectivity index (χ4v) is 2.13. The minimum atomic E-state index is -1.06. The molecule has 0 aliphatic rings. The number of anilines is 1. The van der Waals surface area contributed by atoms with Crippen LogP contribution in [0.3, 0.4) is 0 Å². The standard InChI is InChI=1S/C16H15N5O3/c1-2-17-15-12(16(22)23)9-20-21(15)13-8-14(19-10-18-13)24-11-6-4-3-5-7-11/h3-10,17H,2H2,1H3,(H,22,23).